The average Bonchev–Trinajstić information content (AvgIpc) is 2.26. The van der Waals surface area contributed by atoms with Crippen molar-refractivity contribution in [1.82, 2.24) is 5.32 Å². The number of hydrogen-bond donors (Lipinski definition) is 1. The highest BCUT2D eigenvalue weighted by Crippen LogP contribution is 2.07. The van der Waals surface area contributed by atoms with Crippen LogP contribution >= 0.6 is 0 Å². The first-order valence-electron chi connectivity index (χ1n) is 5.58. The van der Waals surface area contributed by atoms with Crippen LogP contribution in [0.2, 0.25) is 0 Å². The monoisotopic (exact) mass is 203 g/mol. The molecule has 0 bridgehead atoms. The Morgan fingerprint density at radius 2 is 1.80 bits per heavy atom. The number of rotatable bonds is 5. The predicted molar refractivity (Wildman–Crippen MR) is 67.7 cm³/mol. The van der Waals surface area contributed by atoms with E-state index in [1.807, 2.05) is 6.08 Å². The molecule has 1 rings (SSSR count). The summed E-state index contributed by atoms with van der Waals surface area (Å²) in [5.74, 6) is 0.678. The molecular weight excluding hydrogens is 182 g/mol. The van der Waals surface area contributed by atoms with Gasteiger partial charge in [-0.1, -0.05) is 50.8 Å². The summed E-state index contributed by atoms with van der Waals surface area (Å²) in [7, 11) is 0. The fraction of sp³-hybridized carbons (Fsp3) is 0.429. The Morgan fingerprint density at radius 1 is 1.20 bits per heavy atom. The minimum atomic E-state index is 0.559. The van der Waals surface area contributed by atoms with Gasteiger partial charge in [-0.05, 0) is 24.0 Å². The van der Waals surface area contributed by atoms with Crippen LogP contribution in [0, 0.1) is 5.92 Å². The highest BCUT2D eigenvalue weighted by Gasteiger charge is 2.05. The highest BCUT2D eigenvalue weighted by atomic mass is 14.9. The number of benzene rings is 1. The van der Waals surface area contributed by atoms with Gasteiger partial charge >= 0.3 is 0 Å². The zero-order valence-corrected chi connectivity index (χ0v) is 9.96. The molecule has 0 fully saturated rings. The van der Waals surface area contributed by atoms with Crippen LogP contribution in [0.25, 0.3) is 6.08 Å². The minimum Gasteiger partial charge on any atom is -0.310 e. The van der Waals surface area contributed by atoms with E-state index in [0.29, 0.717) is 12.0 Å². The van der Waals surface area contributed by atoms with Crippen molar-refractivity contribution in [2.75, 3.05) is 0 Å². The summed E-state index contributed by atoms with van der Waals surface area (Å²) in [6.07, 6.45) is 1.87. The molecule has 1 heteroatoms. The number of nitrogens with one attached hydrogen (secondary N) is 1. The Labute approximate surface area is 93.2 Å². The molecule has 0 aromatic heterocycles. The van der Waals surface area contributed by atoms with Crippen molar-refractivity contribution < 1.29 is 0 Å². The first-order chi connectivity index (χ1) is 7.13. The Morgan fingerprint density at radius 3 is 2.27 bits per heavy atom. The molecule has 0 amide bonds. The van der Waals surface area contributed by atoms with Crippen molar-refractivity contribution in [3.05, 3.63) is 42.0 Å². The maximum absolute atomic E-state index is 3.74. The third-order valence-corrected chi connectivity index (χ3v) is 2.84. The van der Waals surface area contributed by atoms with E-state index < -0.39 is 0 Å². The van der Waals surface area contributed by atoms with E-state index in [4.69, 9.17) is 0 Å². The fourth-order valence-electron chi connectivity index (χ4n) is 1.29. The summed E-state index contributed by atoms with van der Waals surface area (Å²) in [5, 5.41) is 3.51. The Balaban J connectivity index is 2.47. The normalized spacial score (nSPS) is 12.8. The second-order valence-electron chi connectivity index (χ2n) is 4.36. The van der Waals surface area contributed by atoms with Crippen LogP contribution in [0.15, 0.2) is 30.8 Å². The van der Waals surface area contributed by atoms with Gasteiger partial charge in [-0.2, -0.15) is 0 Å². The molecule has 0 saturated heterocycles. The second-order valence-corrected chi connectivity index (χ2v) is 4.36. The topological polar surface area (TPSA) is 12.0 Å². The first kappa shape index (κ1) is 12.0. The molecule has 1 N–H and O–H groups in total. The molecular formula is C14H21N. The minimum absolute atomic E-state index is 0.559. The largest absolute Gasteiger partial charge is 0.310 e. The SMILES string of the molecule is C=Cc1ccc(CNC(C)C(C)C)cc1. The van der Waals surface area contributed by atoms with E-state index in [9.17, 15) is 0 Å². The van der Waals surface area contributed by atoms with Gasteiger partial charge in [0.25, 0.3) is 0 Å². The van der Waals surface area contributed by atoms with Gasteiger partial charge in [0.1, 0.15) is 0 Å². The van der Waals surface area contributed by atoms with Crippen molar-refractivity contribution in [2.24, 2.45) is 5.92 Å². The molecule has 0 aliphatic heterocycles. The van der Waals surface area contributed by atoms with Crippen LogP contribution in [0.5, 0.6) is 0 Å². The highest BCUT2D eigenvalue weighted by molar-refractivity contribution is 5.47. The zero-order valence-electron chi connectivity index (χ0n) is 9.96. The molecule has 82 valence electrons. The van der Waals surface area contributed by atoms with Crippen LogP contribution in [0.1, 0.15) is 31.9 Å². The molecule has 1 aromatic carbocycles. The van der Waals surface area contributed by atoms with Gasteiger partial charge in [0.15, 0.2) is 0 Å². The summed E-state index contributed by atoms with van der Waals surface area (Å²) in [4.78, 5) is 0. The summed E-state index contributed by atoms with van der Waals surface area (Å²) in [6, 6.07) is 9.06. The Kier molecular flexibility index (Phi) is 4.57. The lowest BCUT2D eigenvalue weighted by atomic mass is 10.1. The van der Waals surface area contributed by atoms with Crippen LogP contribution in [-0.2, 0) is 6.54 Å². The van der Waals surface area contributed by atoms with Gasteiger partial charge < -0.3 is 5.32 Å². The molecule has 1 nitrogen and oxygen atoms in total. The Hall–Kier alpha value is -1.08. The lowest BCUT2D eigenvalue weighted by molar-refractivity contribution is 0.426. The van der Waals surface area contributed by atoms with Gasteiger partial charge in [-0.15, -0.1) is 0 Å². The molecule has 15 heavy (non-hydrogen) atoms. The lowest BCUT2D eigenvalue weighted by Gasteiger charge is -2.17. The maximum Gasteiger partial charge on any atom is 0.0208 e. The average molecular weight is 203 g/mol. The van der Waals surface area contributed by atoms with Crippen molar-refractivity contribution in [1.29, 1.82) is 0 Å². The first-order valence-corrected chi connectivity index (χ1v) is 5.58. The summed E-state index contributed by atoms with van der Waals surface area (Å²) in [5.41, 5.74) is 2.50. The fourth-order valence-corrected chi connectivity index (χ4v) is 1.29. The van der Waals surface area contributed by atoms with Crippen LogP contribution < -0.4 is 5.32 Å². The Bertz CT molecular complexity index is 298. The third kappa shape index (κ3) is 3.88. The molecule has 0 saturated carbocycles. The molecule has 0 aliphatic carbocycles. The second kappa shape index (κ2) is 5.72. The molecule has 1 atom stereocenters. The van der Waals surface area contributed by atoms with Gasteiger partial charge in [-0.3, -0.25) is 0 Å². The van der Waals surface area contributed by atoms with E-state index in [2.05, 4.69) is 56.9 Å². The summed E-state index contributed by atoms with van der Waals surface area (Å²) >= 11 is 0. The maximum atomic E-state index is 3.74. The lowest BCUT2D eigenvalue weighted by Crippen LogP contribution is -2.30. The summed E-state index contributed by atoms with van der Waals surface area (Å²) in [6.45, 7) is 11.4. The van der Waals surface area contributed by atoms with Gasteiger partial charge in [0, 0.05) is 12.6 Å². The summed E-state index contributed by atoms with van der Waals surface area (Å²) < 4.78 is 0. The van der Waals surface area contributed by atoms with E-state index in [1.54, 1.807) is 0 Å². The van der Waals surface area contributed by atoms with Crippen LogP contribution in [0.4, 0.5) is 0 Å². The van der Waals surface area contributed by atoms with Crippen molar-refractivity contribution >= 4 is 6.08 Å². The third-order valence-electron chi connectivity index (χ3n) is 2.84. The van der Waals surface area contributed by atoms with Crippen LogP contribution in [-0.4, -0.2) is 6.04 Å². The predicted octanol–water partition coefficient (Wildman–Crippen LogP) is 3.46. The molecule has 0 spiro atoms. The van der Waals surface area contributed by atoms with Crippen LogP contribution in [0.3, 0.4) is 0 Å². The quantitative estimate of drug-likeness (QED) is 0.772. The molecule has 0 aliphatic rings. The van der Waals surface area contributed by atoms with Gasteiger partial charge in [0.05, 0.1) is 0 Å². The van der Waals surface area contributed by atoms with Crippen molar-refractivity contribution in [3.63, 3.8) is 0 Å². The van der Waals surface area contributed by atoms with Gasteiger partial charge in [-0.25, -0.2) is 0 Å². The standard InChI is InChI=1S/C14H21N/c1-5-13-6-8-14(9-7-13)10-15-12(4)11(2)3/h5-9,11-12,15H,1,10H2,2-4H3. The smallest absolute Gasteiger partial charge is 0.0208 e. The molecule has 1 unspecified atom stereocenters. The van der Waals surface area contributed by atoms with Gasteiger partial charge in [0.2, 0.25) is 0 Å². The van der Waals surface area contributed by atoms with E-state index >= 15 is 0 Å². The molecule has 0 heterocycles. The number of hydrogen-bond acceptors (Lipinski definition) is 1. The van der Waals surface area contributed by atoms with E-state index in [0.717, 1.165) is 6.54 Å². The molecule has 0 radical (unpaired) electrons. The molecule has 1 aromatic rings. The van der Waals surface area contributed by atoms with E-state index in [1.165, 1.54) is 11.1 Å². The zero-order chi connectivity index (χ0) is 11.3. The van der Waals surface area contributed by atoms with E-state index in [-0.39, 0.29) is 0 Å². The van der Waals surface area contributed by atoms with Crippen molar-refractivity contribution in [3.8, 4) is 0 Å². The van der Waals surface area contributed by atoms with Crippen molar-refractivity contribution in [2.45, 2.75) is 33.4 Å².